The molecule has 2 aliphatic rings. The van der Waals surface area contributed by atoms with Gasteiger partial charge in [0.25, 0.3) is 0 Å². The molecule has 34 heavy (non-hydrogen) atoms. The average molecular weight is 467 g/mol. The third-order valence-electron chi connectivity index (χ3n) is 6.48. The van der Waals surface area contributed by atoms with Crippen molar-refractivity contribution in [2.24, 2.45) is 5.92 Å². The van der Waals surface area contributed by atoms with Crippen molar-refractivity contribution < 1.29 is 29.0 Å². The van der Waals surface area contributed by atoms with Crippen LogP contribution in [0.4, 0.5) is 4.79 Å². The van der Waals surface area contributed by atoms with Gasteiger partial charge in [-0.1, -0.05) is 55.5 Å². The van der Waals surface area contributed by atoms with E-state index in [0.717, 1.165) is 11.1 Å². The highest BCUT2D eigenvalue weighted by Gasteiger charge is 2.30. The molecule has 180 valence electrons. The fourth-order valence-electron chi connectivity index (χ4n) is 4.56. The lowest BCUT2D eigenvalue weighted by Crippen LogP contribution is -2.48. The van der Waals surface area contributed by atoms with E-state index in [9.17, 15) is 14.4 Å². The summed E-state index contributed by atoms with van der Waals surface area (Å²) in [7, 11) is 0. The minimum Gasteiger partial charge on any atom is -0.479 e. The molecule has 0 radical (unpaired) electrons. The number of carbonyl (C=O) groups is 3. The lowest BCUT2D eigenvalue weighted by atomic mass is 9.98. The lowest BCUT2D eigenvalue weighted by molar-refractivity contribution is -0.159. The van der Waals surface area contributed by atoms with Gasteiger partial charge in [-0.15, -0.1) is 0 Å². The Morgan fingerprint density at radius 1 is 1.12 bits per heavy atom. The van der Waals surface area contributed by atoms with Crippen molar-refractivity contribution in [1.29, 1.82) is 0 Å². The van der Waals surface area contributed by atoms with Gasteiger partial charge in [0.05, 0.1) is 13.2 Å². The van der Waals surface area contributed by atoms with Crippen LogP contribution in [0.2, 0.25) is 0 Å². The third-order valence-corrected chi connectivity index (χ3v) is 6.48. The SMILES string of the molecule is CC(CCC(=O)N1CCOC(C(=O)O)C1)CNC(=O)OCC1c2ccccc2-c2ccccc21. The van der Waals surface area contributed by atoms with E-state index in [-0.39, 0.29) is 37.5 Å². The number of carboxylic acids is 1. The number of carboxylic acid groups (broad SMARTS) is 1. The summed E-state index contributed by atoms with van der Waals surface area (Å²) in [5, 5.41) is 11.9. The maximum Gasteiger partial charge on any atom is 0.407 e. The normalized spacial score (nSPS) is 18.0. The maximum atomic E-state index is 12.4. The summed E-state index contributed by atoms with van der Waals surface area (Å²) in [5.74, 6) is -1.07. The molecular formula is C26H30N2O6. The first-order valence-electron chi connectivity index (χ1n) is 11.6. The predicted octanol–water partition coefficient (Wildman–Crippen LogP) is 3.25. The van der Waals surface area contributed by atoms with Crippen LogP contribution in [0.25, 0.3) is 11.1 Å². The van der Waals surface area contributed by atoms with Gasteiger partial charge in [-0.25, -0.2) is 9.59 Å². The Morgan fingerprint density at radius 3 is 2.41 bits per heavy atom. The summed E-state index contributed by atoms with van der Waals surface area (Å²) >= 11 is 0. The second kappa shape index (κ2) is 10.7. The number of hydrogen-bond acceptors (Lipinski definition) is 5. The summed E-state index contributed by atoms with van der Waals surface area (Å²) in [4.78, 5) is 37.4. The number of carbonyl (C=O) groups excluding carboxylic acids is 2. The molecule has 8 nitrogen and oxygen atoms in total. The highest BCUT2D eigenvalue weighted by molar-refractivity contribution is 5.79. The number of fused-ring (bicyclic) bond motifs is 3. The molecule has 8 heteroatoms. The molecule has 1 aliphatic carbocycles. The number of rotatable bonds is 8. The molecule has 1 saturated heterocycles. The molecule has 0 saturated carbocycles. The van der Waals surface area contributed by atoms with Gasteiger partial charge in [0.1, 0.15) is 6.61 Å². The Kier molecular flexibility index (Phi) is 7.47. The van der Waals surface area contributed by atoms with E-state index < -0.39 is 18.2 Å². The van der Waals surface area contributed by atoms with Crippen LogP contribution in [0.5, 0.6) is 0 Å². The predicted molar refractivity (Wildman–Crippen MR) is 125 cm³/mol. The van der Waals surface area contributed by atoms with Gasteiger partial charge in [-0.05, 0) is 34.6 Å². The van der Waals surface area contributed by atoms with Gasteiger partial charge in [0.15, 0.2) is 6.10 Å². The minimum atomic E-state index is -1.06. The first-order chi connectivity index (χ1) is 16.4. The van der Waals surface area contributed by atoms with E-state index in [1.165, 1.54) is 16.0 Å². The van der Waals surface area contributed by atoms with Crippen LogP contribution in [-0.2, 0) is 19.1 Å². The van der Waals surface area contributed by atoms with Crippen molar-refractivity contribution in [3.63, 3.8) is 0 Å². The molecule has 4 rings (SSSR count). The zero-order valence-corrected chi connectivity index (χ0v) is 19.2. The summed E-state index contributed by atoms with van der Waals surface area (Å²) in [6.07, 6.45) is -0.569. The van der Waals surface area contributed by atoms with Crippen LogP contribution >= 0.6 is 0 Å². The lowest BCUT2D eigenvalue weighted by Gasteiger charge is -2.31. The maximum absolute atomic E-state index is 12.4. The van der Waals surface area contributed by atoms with Gasteiger partial charge in [-0.3, -0.25) is 4.79 Å². The first-order valence-corrected chi connectivity index (χ1v) is 11.6. The number of benzene rings is 2. The molecular weight excluding hydrogens is 436 g/mol. The zero-order chi connectivity index (χ0) is 24.1. The van der Waals surface area contributed by atoms with E-state index in [1.54, 1.807) is 0 Å². The number of nitrogens with one attached hydrogen (secondary N) is 1. The Balaban J connectivity index is 1.20. The van der Waals surface area contributed by atoms with Crippen LogP contribution in [0.3, 0.4) is 0 Å². The number of alkyl carbamates (subject to hydrolysis) is 1. The average Bonchev–Trinajstić information content (AvgIpc) is 3.18. The Bertz CT molecular complexity index is 1010. The highest BCUT2D eigenvalue weighted by Crippen LogP contribution is 2.44. The van der Waals surface area contributed by atoms with E-state index in [1.807, 2.05) is 31.2 Å². The van der Waals surface area contributed by atoms with Crippen LogP contribution in [0.15, 0.2) is 48.5 Å². The van der Waals surface area contributed by atoms with Gasteiger partial charge in [0.2, 0.25) is 5.91 Å². The molecule has 1 fully saturated rings. The van der Waals surface area contributed by atoms with Crippen LogP contribution in [0.1, 0.15) is 36.8 Å². The molecule has 0 bridgehead atoms. The highest BCUT2D eigenvalue weighted by atomic mass is 16.5. The fraction of sp³-hybridized carbons (Fsp3) is 0.423. The Hall–Kier alpha value is -3.39. The second-order valence-electron chi connectivity index (χ2n) is 8.89. The molecule has 2 amide bonds. The van der Waals surface area contributed by atoms with Crippen molar-refractivity contribution in [2.45, 2.75) is 31.8 Å². The molecule has 1 aliphatic heterocycles. The first kappa shape index (κ1) is 23.8. The summed E-state index contributed by atoms with van der Waals surface area (Å²) in [6, 6.07) is 16.4. The molecule has 0 spiro atoms. The van der Waals surface area contributed by atoms with Crippen molar-refractivity contribution in [1.82, 2.24) is 10.2 Å². The van der Waals surface area contributed by atoms with E-state index in [0.29, 0.717) is 25.9 Å². The molecule has 0 aromatic heterocycles. The molecule has 1 heterocycles. The number of hydrogen-bond donors (Lipinski definition) is 2. The molecule has 2 aromatic rings. The Morgan fingerprint density at radius 2 is 1.76 bits per heavy atom. The van der Waals surface area contributed by atoms with Crippen molar-refractivity contribution in [3.05, 3.63) is 59.7 Å². The number of aliphatic carboxylic acids is 1. The quantitative estimate of drug-likeness (QED) is 0.619. The molecule has 2 unspecified atom stereocenters. The molecule has 2 N–H and O–H groups in total. The number of morpholine rings is 1. The molecule has 2 aromatic carbocycles. The minimum absolute atomic E-state index is 0.0105. The number of ether oxygens (including phenoxy) is 2. The van der Waals surface area contributed by atoms with Crippen LogP contribution < -0.4 is 5.32 Å². The van der Waals surface area contributed by atoms with E-state index in [2.05, 4.69) is 29.6 Å². The van der Waals surface area contributed by atoms with Crippen molar-refractivity contribution in [2.75, 3.05) is 32.8 Å². The van der Waals surface area contributed by atoms with Gasteiger partial charge < -0.3 is 24.8 Å². The number of amides is 2. The fourth-order valence-corrected chi connectivity index (χ4v) is 4.56. The topological polar surface area (TPSA) is 105 Å². The van der Waals surface area contributed by atoms with Crippen molar-refractivity contribution >= 4 is 18.0 Å². The summed E-state index contributed by atoms with van der Waals surface area (Å²) < 4.78 is 10.7. The third kappa shape index (κ3) is 5.39. The smallest absolute Gasteiger partial charge is 0.407 e. The van der Waals surface area contributed by atoms with Gasteiger partial charge in [0, 0.05) is 25.4 Å². The standard InChI is InChI=1S/C26H30N2O6/c1-17(10-11-24(29)28-12-13-33-23(15-28)25(30)31)14-27-26(32)34-16-22-20-8-4-2-6-18(20)19-7-3-5-9-21(19)22/h2-9,17,22-23H,10-16H2,1H3,(H,27,32)(H,30,31). The van der Waals surface area contributed by atoms with Crippen LogP contribution in [-0.4, -0.2) is 66.9 Å². The van der Waals surface area contributed by atoms with Gasteiger partial charge in [-0.2, -0.15) is 0 Å². The molecule has 2 atom stereocenters. The van der Waals surface area contributed by atoms with Gasteiger partial charge >= 0.3 is 12.1 Å². The largest absolute Gasteiger partial charge is 0.479 e. The second-order valence-corrected chi connectivity index (χ2v) is 8.89. The number of nitrogens with zero attached hydrogens (tertiary/aromatic N) is 1. The summed E-state index contributed by atoms with van der Waals surface area (Å²) in [5.41, 5.74) is 4.69. The Labute approximate surface area is 198 Å². The monoisotopic (exact) mass is 466 g/mol. The van der Waals surface area contributed by atoms with Crippen molar-refractivity contribution in [3.8, 4) is 11.1 Å². The zero-order valence-electron chi connectivity index (χ0n) is 19.2. The van der Waals surface area contributed by atoms with Crippen LogP contribution in [0, 0.1) is 5.92 Å². The van der Waals surface area contributed by atoms with E-state index in [4.69, 9.17) is 14.6 Å². The summed E-state index contributed by atoms with van der Waals surface area (Å²) in [6.45, 7) is 3.30. The van der Waals surface area contributed by atoms with E-state index >= 15 is 0 Å².